The van der Waals surface area contributed by atoms with Crippen LogP contribution in [0.5, 0.6) is 0 Å². The molecule has 0 aliphatic carbocycles. The number of thioether (sulfide) groups is 1. The molecular weight excluding hydrogens is 363 g/mol. The second kappa shape index (κ2) is 7.22. The topological polar surface area (TPSA) is 67.6 Å². The highest BCUT2D eigenvalue weighted by molar-refractivity contribution is 14.0. The molecule has 2 N–H and O–H groups in total. The zero-order valence-corrected chi connectivity index (χ0v) is 13.8. The van der Waals surface area contributed by atoms with E-state index >= 15 is 0 Å². The van der Waals surface area contributed by atoms with Gasteiger partial charge in [0.1, 0.15) is 5.76 Å². The molecule has 5 nitrogen and oxygen atoms in total. The molecule has 0 radical (unpaired) electrons. The van der Waals surface area contributed by atoms with Gasteiger partial charge in [0.25, 0.3) is 0 Å². The van der Waals surface area contributed by atoms with E-state index in [0.717, 1.165) is 41.6 Å². The number of aryl methyl sites for hydroxylation is 2. The van der Waals surface area contributed by atoms with Gasteiger partial charge in [0, 0.05) is 30.2 Å². The fourth-order valence-corrected chi connectivity index (χ4v) is 2.68. The SMILES string of the molecule is Cc1noc(C)c1CN=C(N)N1CCSCC1.I. The molecule has 1 fully saturated rings. The van der Waals surface area contributed by atoms with Gasteiger partial charge < -0.3 is 15.2 Å². The summed E-state index contributed by atoms with van der Waals surface area (Å²) in [5.74, 6) is 3.71. The van der Waals surface area contributed by atoms with Crippen molar-refractivity contribution in [2.75, 3.05) is 24.6 Å². The largest absolute Gasteiger partial charge is 0.370 e. The number of aliphatic imine (C=N–C) groups is 1. The van der Waals surface area contributed by atoms with Gasteiger partial charge in [0.05, 0.1) is 12.2 Å². The first kappa shape index (κ1) is 15.6. The summed E-state index contributed by atoms with van der Waals surface area (Å²) in [7, 11) is 0. The van der Waals surface area contributed by atoms with Crippen LogP contribution in [0.4, 0.5) is 0 Å². The van der Waals surface area contributed by atoms with Gasteiger partial charge in [-0.05, 0) is 13.8 Å². The Bertz CT molecular complexity index is 396. The van der Waals surface area contributed by atoms with Crippen LogP contribution in [-0.2, 0) is 6.54 Å². The molecule has 18 heavy (non-hydrogen) atoms. The molecule has 1 aromatic rings. The number of aromatic nitrogens is 1. The summed E-state index contributed by atoms with van der Waals surface area (Å²) in [5.41, 5.74) is 7.92. The number of nitrogens with zero attached hydrogens (tertiary/aromatic N) is 3. The number of halogens is 1. The Morgan fingerprint density at radius 1 is 1.44 bits per heavy atom. The van der Waals surface area contributed by atoms with Gasteiger partial charge in [-0.3, -0.25) is 0 Å². The van der Waals surface area contributed by atoms with E-state index in [1.807, 2.05) is 25.6 Å². The van der Waals surface area contributed by atoms with E-state index in [1.165, 1.54) is 0 Å². The van der Waals surface area contributed by atoms with Crippen molar-refractivity contribution in [1.29, 1.82) is 0 Å². The molecule has 2 heterocycles. The van der Waals surface area contributed by atoms with Crippen molar-refractivity contribution < 1.29 is 4.52 Å². The average molecular weight is 382 g/mol. The van der Waals surface area contributed by atoms with Crippen molar-refractivity contribution in [1.82, 2.24) is 10.1 Å². The van der Waals surface area contributed by atoms with Crippen LogP contribution in [0.2, 0.25) is 0 Å². The van der Waals surface area contributed by atoms with Crippen LogP contribution in [0.25, 0.3) is 0 Å². The molecule has 1 saturated heterocycles. The molecule has 0 unspecified atom stereocenters. The van der Waals surface area contributed by atoms with Crippen LogP contribution in [0.1, 0.15) is 17.0 Å². The summed E-state index contributed by atoms with van der Waals surface area (Å²) in [6.45, 7) is 6.35. The van der Waals surface area contributed by atoms with E-state index in [2.05, 4.69) is 15.0 Å². The maximum atomic E-state index is 5.98. The molecule has 0 atom stereocenters. The van der Waals surface area contributed by atoms with Gasteiger partial charge in [0.15, 0.2) is 5.96 Å². The lowest BCUT2D eigenvalue weighted by molar-refractivity contribution is 0.392. The lowest BCUT2D eigenvalue weighted by atomic mass is 10.2. The Morgan fingerprint density at radius 2 is 2.11 bits per heavy atom. The maximum Gasteiger partial charge on any atom is 0.191 e. The van der Waals surface area contributed by atoms with Crippen LogP contribution in [0, 0.1) is 13.8 Å². The van der Waals surface area contributed by atoms with Crippen LogP contribution in [0.3, 0.4) is 0 Å². The Labute approximate surface area is 129 Å². The van der Waals surface area contributed by atoms with Crippen molar-refractivity contribution in [2.45, 2.75) is 20.4 Å². The number of guanidine groups is 1. The maximum absolute atomic E-state index is 5.98. The highest BCUT2D eigenvalue weighted by atomic mass is 127. The van der Waals surface area contributed by atoms with Crippen molar-refractivity contribution in [2.24, 2.45) is 10.7 Å². The summed E-state index contributed by atoms with van der Waals surface area (Å²) in [6, 6.07) is 0. The van der Waals surface area contributed by atoms with E-state index < -0.39 is 0 Å². The smallest absolute Gasteiger partial charge is 0.191 e. The molecule has 0 saturated carbocycles. The lowest BCUT2D eigenvalue weighted by Crippen LogP contribution is -2.42. The highest BCUT2D eigenvalue weighted by Crippen LogP contribution is 2.14. The second-order valence-corrected chi connectivity index (χ2v) is 5.30. The van der Waals surface area contributed by atoms with Gasteiger partial charge in [-0.1, -0.05) is 5.16 Å². The molecule has 1 aromatic heterocycles. The Hall–Kier alpha value is -0.440. The Kier molecular flexibility index (Phi) is 6.27. The summed E-state index contributed by atoms with van der Waals surface area (Å²) in [4.78, 5) is 6.56. The van der Waals surface area contributed by atoms with Crippen molar-refractivity contribution in [3.8, 4) is 0 Å². The zero-order valence-electron chi connectivity index (χ0n) is 10.7. The lowest BCUT2D eigenvalue weighted by Gasteiger charge is -2.27. The summed E-state index contributed by atoms with van der Waals surface area (Å²) < 4.78 is 5.10. The highest BCUT2D eigenvalue weighted by Gasteiger charge is 2.13. The van der Waals surface area contributed by atoms with Gasteiger partial charge in [-0.2, -0.15) is 11.8 Å². The van der Waals surface area contributed by atoms with Crippen molar-refractivity contribution in [3.05, 3.63) is 17.0 Å². The Balaban J connectivity index is 0.00000162. The molecule has 2 rings (SSSR count). The summed E-state index contributed by atoms with van der Waals surface area (Å²) in [6.07, 6.45) is 0. The van der Waals surface area contributed by atoms with Gasteiger partial charge >= 0.3 is 0 Å². The predicted molar refractivity (Wildman–Crippen MR) is 85.6 cm³/mol. The molecule has 0 bridgehead atoms. The van der Waals surface area contributed by atoms with Gasteiger partial charge in [-0.25, -0.2) is 4.99 Å². The molecule has 0 aromatic carbocycles. The van der Waals surface area contributed by atoms with Crippen LogP contribution >= 0.6 is 35.7 Å². The third-order valence-corrected chi connectivity index (χ3v) is 3.86. The monoisotopic (exact) mass is 382 g/mol. The summed E-state index contributed by atoms with van der Waals surface area (Å²) >= 11 is 1.96. The molecule has 102 valence electrons. The number of rotatable bonds is 2. The van der Waals surface area contributed by atoms with Gasteiger partial charge in [0.2, 0.25) is 0 Å². The van der Waals surface area contributed by atoms with E-state index in [-0.39, 0.29) is 24.0 Å². The fourth-order valence-electron chi connectivity index (χ4n) is 1.78. The normalized spacial score (nSPS) is 16.6. The van der Waals surface area contributed by atoms with E-state index in [0.29, 0.717) is 12.5 Å². The van der Waals surface area contributed by atoms with Crippen molar-refractivity contribution in [3.63, 3.8) is 0 Å². The molecule has 1 aliphatic rings. The molecule has 1 aliphatic heterocycles. The quantitative estimate of drug-likeness (QED) is 0.480. The van der Waals surface area contributed by atoms with Crippen molar-refractivity contribution >= 4 is 41.7 Å². The predicted octanol–water partition coefficient (Wildman–Crippen LogP) is 1.77. The van der Waals surface area contributed by atoms with Crippen LogP contribution in [0.15, 0.2) is 9.52 Å². The third-order valence-electron chi connectivity index (χ3n) is 2.92. The first-order valence-electron chi connectivity index (χ1n) is 5.73. The second-order valence-electron chi connectivity index (χ2n) is 4.08. The Morgan fingerprint density at radius 3 is 2.67 bits per heavy atom. The van der Waals surface area contributed by atoms with E-state index in [9.17, 15) is 0 Å². The minimum atomic E-state index is 0. The number of hydrogen-bond donors (Lipinski definition) is 1. The first-order chi connectivity index (χ1) is 8.18. The third kappa shape index (κ3) is 3.78. The minimum Gasteiger partial charge on any atom is -0.370 e. The van der Waals surface area contributed by atoms with Crippen LogP contribution in [-0.4, -0.2) is 40.6 Å². The number of hydrogen-bond acceptors (Lipinski definition) is 4. The number of nitrogens with two attached hydrogens (primary N) is 1. The van der Waals surface area contributed by atoms with Crippen LogP contribution < -0.4 is 5.73 Å². The molecule has 7 heteroatoms. The van der Waals surface area contributed by atoms with Gasteiger partial charge in [-0.15, -0.1) is 24.0 Å². The first-order valence-corrected chi connectivity index (χ1v) is 6.88. The molecular formula is C11H19IN4OS. The minimum absolute atomic E-state index is 0. The zero-order chi connectivity index (χ0) is 12.3. The summed E-state index contributed by atoms with van der Waals surface area (Å²) in [5, 5.41) is 3.90. The average Bonchev–Trinajstić information content (AvgIpc) is 2.67. The van der Waals surface area contributed by atoms with E-state index in [1.54, 1.807) is 0 Å². The molecule has 0 spiro atoms. The van der Waals surface area contributed by atoms with E-state index in [4.69, 9.17) is 10.3 Å². The fraction of sp³-hybridized carbons (Fsp3) is 0.636. The molecule has 0 amide bonds. The standard InChI is InChI=1S/C11H18N4OS.HI/c1-8-10(9(2)16-14-8)7-13-11(12)15-3-5-17-6-4-15;/h3-7H2,1-2H3,(H2,12,13);1H.